The smallest absolute Gasteiger partial charge is 0.242 e. The largest absolute Gasteiger partial charge is 0.383 e. The molecular weight excluding hydrogens is 270 g/mol. The number of rotatable bonds is 9. The van der Waals surface area contributed by atoms with E-state index in [1.807, 2.05) is 7.05 Å². The maximum atomic E-state index is 11.9. The van der Waals surface area contributed by atoms with E-state index in [0.717, 1.165) is 24.5 Å². The van der Waals surface area contributed by atoms with Crippen LogP contribution in [0.1, 0.15) is 26.1 Å². The molecule has 0 saturated carbocycles. The van der Waals surface area contributed by atoms with Crippen molar-refractivity contribution in [3.05, 3.63) is 11.9 Å². The summed E-state index contributed by atoms with van der Waals surface area (Å²) in [7, 11) is 3.41. The van der Waals surface area contributed by atoms with Crippen molar-refractivity contribution in [3.63, 3.8) is 0 Å². The van der Waals surface area contributed by atoms with Gasteiger partial charge in [-0.3, -0.25) is 4.79 Å². The predicted octanol–water partition coefficient (Wildman–Crippen LogP) is 1.03. The van der Waals surface area contributed by atoms with Crippen molar-refractivity contribution in [2.75, 3.05) is 37.9 Å². The lowest BCUT2D eigenvalue weighted by molar-refractivity contribution is -0.121. The van der Waals surface area contributed by atoms with E-state index < -0.39 is 0 Å². The Morgan fingerprint density at radius 2 is 2.10 bits per heavy atom. The number of nitrogens with zero attached hydrogens (tertiary/aromatic N) is 2. The van der Waals surface area contributed by atoms with Crippen molar-refractivity contribution in [3.8, 4) is 0 Å². The third kappa shape index (κ3) is 5.95. The summed E-state index contributed by atoms with van der Waals surface area (Å²) < 4.78 is 4.90. The van der Waals surface area contributed by atoms with Crippen molar-refractivity contribution in [2.24, 2.45) is 0 Å². The molecule has 1 atom stereocenters. The van der Waals surface area contributed by atoms with E-state index in [2.05, 4.69) is 32.8 Å². The van der Waals surface area contributed by atoms with Crippen LogP contribution in [0, 0.1) is 0 Å². The summed E-state index contributed by atoms with van der Waals surface area (Å²) in [5, 5.41) is 8.89. The fourth-order valence-electron chi connectivity index (χ4n) is 1.75. The lowest BCUT2D eigenvalue weighted by Gasteiger charge is -2.15. The van der Waals surface area contributed by atoms with Crippen LogP contribution in [0.5, 0.6) is 0 Å². The summed E-state index contributed by atoms with van der Waals surface area (Å²) in [5.41, 5.74) is 0. The van der Waals surface area contributed by atoms with E-state index in [4.69, 9.17) is 4.74 Å². The molecule has 1 rings (SSSR count). The molecule has 1 unspecified atom stereocenters. The van der Waals surface area contributed by atoms with Gasteiger partial charge in [-0.2, -0.15) is 0 Å². The number of aromatic nitrogens is 2. The summed E-state index contributed by atoms with van der Waals surface area (Å²) in [5.74, 6) is 2.06. The molecule has 21 heavy (non-hydrogen) atoms. The second-order valence-electron chi connectivity index (χ2n) is 4.70. The molecule has 3 N–H and O–H groups in total. The Balaban J connectivity index is 2.67. The summed E-state index contributed by atoms with van der Waals surface area (Å²) in [6.07, 6.45) is 1.78. The molecule has 1 aromatic rings. The minimum atomic E-state index is -0.379. The summed E-state index contributed by atoms with van der Waals surface area (Å²) in [6.45, 7) is 4.86. The zero-order chi connectivity index (χ0) is 15.7. The van der Waals surface area contributed by atoms with Gasteiger partial charge in [0, 0.05) is 33.2 Å². The number of methoxy groups -OCH3 is 1. The first kappa shape index (κ1) is 17.2. The van der Waals surface area contributed by atoms with Gasteiger partial charge in [-0.15, -0.1) is 0 Å². The topological polar surface area (TPSA) is 88.2 Å². The van der Waals surface area contributed by atoms with Gasteiger partial charge in [-0.25, -0.2) is 9.97 Å². The third-order valence-corrected chi connectivity index (χ3v) is 2.87. The van der Waals surface area contributed by atoms with E-state index >= 15 is 0 Å². The summed E-state index contributed by atoms with van der Waals surface area (Å²) in [6, 6.07) is 1.41. The number of hydrogen-bond acceptors (Lipinski definition) is 6. The van der Waals surface area contributed by atoms with Crippen molar-refractivity contribution >= 4 is 17.5 Å². The minimum Gasteiger partial charge on any atom is -0.383 e. The molecule has 0 bridgehead atoms. The minimum absolute atomic E-state index is 0.0892. The Hall–Kier alpha value is -1.89. The molecule has 1 heterocycles. The number of aryl methyl sites for hydroxylation is 1. The zero-order valence-corrected chi connectivity index (χ0v) is 13.2. The van der Waals surface area contributed by atoms with Gasteiger partial charge >= 0.3 is 0 Å². The maximum Gasteiger partial charge on any atom is 0.242 e. The SMILES string of the molecule is CCCc1nc(NC)cc(NC(C)C(=O)NCCOC)n1. The van der Waals surface area contributed by atoms with Gasteiger partial charge in [-0.05, 0) is 13.3 Å². The first-order valence-corrected chi connectivity index (χ1v) is 7.19. The predicted molar refractivity (Wildman–Crippen MR) is 83.5 cm³/mol. The molecule has 7 nitrogen and oxygen atoms in total. The highest BCUT2D eigenvalue weighted by atomic mass is 16.5. The van der Waals surface area contributed by atoms with Gasteiger partial charge in [0.05, 0.1) is 6.61 Å². The van der Waals surface area contributed by atoms with Crippen LogP contribution < -0.4 is 16.0 Å². The van der Waals surface area contributed by atoms with Crippen LogP contribution in [-0.4, -0.2) is 49.2 Å². The maximum absolute atomic E-state index is 11.9. The molecule has 0 aliphatic carbocycles. The number of carbonyl (C=O) groups is 1. The van der Waals surface area contributed by atoms with Crippen LogP contribution in [0.3, 0.4) is 0 Å². The zero-order valence-electron chi connectivity index (χ0n) is 13.2. The molecular formula is C14H25N5O2. The normalized spacial score (nSPS) is 11.8. The van der Waals surface area contributed by atoms with Gasteiger partial charge in [0.1, 0.15) is 23.5 Å². The Labute approximate surface area is 125 Å². The molecule has 0 radical (unpaired) electrons. The van der Waals surface area contributed by atoms with Crippen molar-refractivity contribution < 1.29 is 9.53 Å². The van der Waals surface area contributed by atoms with Crippen LogP contribution in [0.4, 0.5) is 11.6 Å². The summed E-state index contributed by atoms with van der Waals surface area (Å²) >= 11 is 0. The molecule has 0 spiro atoms. The number of ether oxygens (including phenoxy) is 1. The highest BCUT2D eigenvalue weighted by Gasteiger charge is 2.13. The molecule has 7 heteroatoms. The van der Waals surface area contributed by atoms with Crippen LogP contribution in [0.2, 0.25) is 0 Å². The van der Waals surface area contributed by atoms with Crippen LogP contribution in [0.15, 0.2) is 6.07 Å². The van der Waals surface area contributed by atoms with Gasteiger partial charge in [-0.1, -0.05) is 6.92 Å². The lowest BCUT2D eigenvalue weighted by Crippen LogP contribution is -2.39. The summed E-state index contributed by atoms with van der Waals surface area (Å²) in [4.78, 5) is 20.7. The Bertz CT molecular complexity index is 453. The number of carbonyl (C=O) groups excluding carboxylic acids is 1. The van der Waals surface area contributed by atoms with E-state index in [1.165, 1.54) is 0 Å². The van der Waals surface area contributed by atoms with Crippen molar-refractivity contribution in [1.82, 2.24) is 15.3 Å². The molecule has 0 fully saturated rings. The first-order chi connectivity index (χ1) is 10.1. The molecule has 0 aromatic carbocycles. The van der Waals surface area contributed by atoms with Gasteiger partial charge in [0.25, 0.3) is 0 Å². The van der Waals surface area contributed by atoms with E-state index in [0.29, 0.717) is 19.0 Å². The third-order valence-electron chi connectivity index (χ3n) is 2.87. The fraction of sp³-hybridized carbons (Fsp3) is 0.643. The number of nitrogens with one attached hydrogen (secondary N) is 3. The molecule has 118 valence electrons. The van der Waals surface area contributed by atoms with E-state index in [-0.39, 0.29) is 11.9 Å². The quantitative estimate of drug-likeness (QED) is 0.590. The highest BCUT2D eigenvalue weighted by molar-refractivity contribution is 5.83. The van der Waals surface area contributed by atoms with Crippen molar-refractivity contribution in [2.45, 2.75) is 32.7 Å². The fourth-order valence-corrected chi connectivity index (χ4v) is 1.75. The average Bonchev–Trinajstić information content (AvgIpc) is 2.47. The van der Waals surface area contributed by atoms with Gasteiger partial charge in [0.15, 0.2) is 0 Å². The number of hydrogen-bond donors (Lipinski definition) is 3. The van der Waals surface area contributed by atoms with Crippen LogP contribution in [-0.2, 0) is 16.0 Å². The van der Waals surface area contributed by atoms with E-state index in [1.54, 1.807) is 20.1 Å². The highest BCUT2D eigenvalue weighted by Crippen LogP contribution is 2.13. The van der Waals surface area contributed by atoms with E-state index in [9.17, 15) is 4.79 Å². The Morgan fingerprint density at radius 1 is 1.38 bits per heavy atom. The monoisotopic (exact) mass is 295 g/mol. The van der Waals surface area contributed by atoms with Gasteiger partial charge in [0.2, 0.25) is 5.91 Å². The first-order valence-electron chi connectivity index (χ1n) is 7.19. The number of amides is 1. The Kier molecular flexibility index (Phi) is 7.45. The molecule has 1 amide bonds. The van der Waals surface area contributed by atoms with Crippen molar-refractivity contribution in [1.29, 1.82) is 0 Å². The molecule has 0 aliphatic rings. The second kappa shape index (κ2) is 9.12. The lowest BCUT2D eigenvalue weighted by atomic mass is 10.3. The second-order valence-corrected chi connectivity index (χ2v) is 4.70. The van der Waals surface area contributed by atoms with Crippen LogP contribution >= 0.6 is 0 Å². The molecule has 0 saturated heterocycles. The molecule has 0 aliphatic heterocycles. The number of anilines is 2. The van der Waals surface area contributed by atoms with Gasteiger partial charge < -0.3 is 20.7 Å². The van der Waals surface area contributed by atoms with Crippen LogP contribution in [0.25, 0.3) is 0 Å². The average molecular weight is 295 g/mol. The Morgan fingerprint density at radius 3 is 2.71 bits per heavy atom. The standard InChI is InChI=1S/C14H25N5O2/c1-5-6-11-18-12(15-3)9-13(19-11)17-10(2)14(20)16-7-8-21-4/h9-10H,5-8H2,1-4H3,(H,16,20)(H2,15,17,18,19). The molecule has 1 aromatic heterocycles.